The zero-order valence-electron chi connectivity index (χ0n) is 22.8. The van der Waals surface area contributed by atoms with Crippen LogP contribution in [0.2, 0.25) is 0 Å². The number of hydrazone groups is 1. The molecular weight excluding hydrogens is 553 g/mol. The predicted molar refractivity (Wildman–Crippen MR) is 163 cm³/mol. The van der Waals surface area contributed by atoms with Gasteiger partial charge in [0.05, 0.1) is 16.8 Å². The number of nitrogens with one attached hydrogen (secondary N) is 1. The van der Waals surface area contributed by atoms with Crippen LogP contribution < -0.4 is 14.5 Å². The Morgan fingerprint density at radius 1 is 0.881 bits per heavy atom. The number of sulfonamides is 1. The summed E-state index contributed by atoms with van der Waals surface area (Å²) in [6.07, 6.45) is 1.42. The van der Waals surface area contributed by atoms with Gasteiger partial charge in [0.1, 0.15) is 24.7 Å². The van der Waals surface area contributed by atoms with Crippen molar-refractivity contribution >= 4 is 38.6 Å². The van der Waals surface area contributed by atoms with Crippen molar-refractivity contribution in [2.75, 3.05) is 10.8 Å². The molecule has 0 aromatic heterocycles. The van der Waals surface area contributed by atoms with Gasteiger partial charge in [-0.05, 0) is 83.4 Å². The van der Waals surface area contributed by atoms with E-state index in [1.165, 1.54) is 41.9 Å². The first kappa shape index (κ1) is 28.5. The summed E-state index contributed by atoms with van der Waals surface area (Å²) in [5.41, 5.74) is 4.69. The van der Waals surface area contributed by atoms with Gasteiger partial charge in [-0.15, -0.1) is 0 Å². The number of amides is 1. The third-order valence-electron chi connectivity index (χ3n) is 6.52. The Hall–Kier alpha value is -5.02. The van der Waals surface area contributed by atoms with Gasteiger partial charge in [0.15, 0.2) is 0 Å². The molecule has 212 valence electrons. The van der Waals surface area contributed by atoms with Gasteiger partial charge in [-0.1, -0.05) is 66.2 Å². The maximum atomic E-state index is 14.6. The highest BCUT2D eigenvalue weighted by Crippen LogP contribution is 2.26. The Labute approximate surface area is 243 Å². The van der Waals surface area contributed by atoms with E-state index in [1.807, 2.05) is 25.1 Å². The summed E-state index contributed by atoms with van der Waals surface area (Å²) >= 11 is 0. The van der Waals surface area contributed by atoms with Gasteiger partial charge in [0.2, 0.25) is 0 Å². The number of fused-ring (bicyclic) bond motifs is 1. The summed E-state index contributed by atoms with van der Waals surface area (Å²) in [7, 11) is -4.24. The van der Waals surface area contributed by atoms with Gasteiger partial charge in [0, 0.05) is 0 Å². The van der Waals surface area contributed by atoms with Crippen molar-refractivity contribution in [2.24, 2.45) is 5.10 Å². The van der Waals surface area contributed by atoms with Crippen LogP contribution in [-0.4, -0.2) is 27.1 Å². The summed E-state index contributed by atoms with van der Waals surface area (Å²) in [6.45, 7) is 1.57. The van der Waals surface area contributed by atoms with Crippen molar-refractivity contribution in [1.29, 1.82) is 0 Å². The van der Waals surface area contributed by atoms with E-state index in [-0.39, 0.29) is 10.6 Å². The molecule has 0 fully saturated rings. The minimum atomic E-state index is -4.24. The number of rotatable bonds is 10. The minimum Gasteiger partial charge on any atom is -0.489 e. The fourth-order valence-electron chi connectivity index (χ4n) is 4.28. The molecule has 0 saturated carbocycles. The number of halogens is 1. The van der Waals surface area contributed by atoms with Crippen molar-refractivity contribution in [3.05, 3.63) is 138 Å². The number of nitrogens with zero attached hydrogens (tertiary/aromatic N) is 2. The standard InChI is InChI=1S/C33H28FN3O4S/c1-24-10-18-30(19-11-24)42(39,40)37(32-9-5-4-8-31(32)34)22-33(38)36-35-21-25-13-16-29(17-14-25)41-23-26-12-15-27-6-2-3-7-28(27)20-26/h2-21H,22-23H2,1H3,(H,36,38)/b35-21-. The molecule has 0 aliphatic heterocycles. The lowest BCUT2D eigenvalue weighted by Gasteiger charge is -2.24. The van der Waals surface area contributed by atoms with Crippen LogP contribution in [-0.2, 0) is 21.4 Å². The number of para-hydroxylation sites is 1. The lowest BCUT2D eigenvalue weighted by molar-refractivity contribution is -0.119. The first-order valence-electron chi connectivity index (χ1n) is 13.2. The average molecular weight is 582 g/mol. The second-order valence-electron chi connectivity index (χ2n) is 9.61. The topological polar surface area (TPSA) is 88.1 Å². The number of anilines is 1. The van der Waals surface area contributed by atoms with Crippen molar-refractivity contribution < 1.29 is 22.3 Å². The largest absolute Gasteiger partial charge is 0.489 e. The van der Waals surface area contributed by atoms with E-state index in [0.717, 1.165) is 26.9 Å². The van der Waals surface area contributed by atoms with E-state index >= 15 is 0 Å². The van der Waals surface area contributed by atoms with Gasteiger partial charge in [-0.2, -0.15) is 5.10 Å². The highest BCUT2D eigenvalue weighted by Gasteiger charge is 2.29. The second kappa shape index (κ2) is 12.7. The number of hydrogen-bond acceptors (Lipinski definition) is 5. The van der Waals surface area contributed by atoms with Gasteiger partial charge >= 0.3 is 0 Å². The molecule has 0 bridgehead atoms. The van der Waals surface area contributed by atoms with Crippen LogP contribution in [0.4, 0.5) is 10.1 Å². The first-order valence-corrected chi connectivity index (χ1v) is 14.6. The molecule has 1 N–H and O–H groups in total. The molecule has 0 aliphatic carbocycles. The normalized spacial score (nSPS) is 11.5. The fraction of sp³-hybridized carbons (Fsp3) is 0.0909. The van der Waals surface area contributed by atoms with Crippen molar-refractivity contribution in [2.45, 2.75) is 18.4 Å². The average Bonchev–Trinajstić information content (AvgIpc) is 3.00. The molecule has 0 unspecified atom stereocenters. The third kappa shape index (κ3) is 6.82. The second-order valence-corrected chi connectivity index (χ2v) is 11.5. The van der Waals surface area contributed by atoms with Crippen LogP contribution in [0.5, 0.6) is 5.75 Å². The van der Waals surface area contributed by atoms with Crippen LogP contribution in [0.3, 0.4) is 0 Å². The van der Waals surface area contributed by atoms with Crippen LogP contribution in [0.25, 0.3) is 10.8 Å². The van der Waals surface area contributed by atoms with Gasteiger partial charge in [-0.3, -0.25) is 9.10 Å². The number of carbonyl (C=O) groups excluding carboxylic acids is 1. The zero-order valence-corrected chi connectivity index (χ0v) is 23.6. The van der Waals surface area contributed by atoms with E-state index in [4.69, 9.17) is 4.74 Å². The molecule has 0 saturated heterocycles. The lowest BCUT2D eigenvalue weighted by atomic mass is 10.1. The molecular formula is C33H28FN3O4S. The first-order chi connectivity index (χ1) is 20.3. The molecule has 0 heterocycles. The number of aryl methyl sites for hydroxylation is 1. The third-order valence-corrected chi connectivity index (χ3v) is 8.29. The Morgan fingerprint density at radius 2 is 1.57 bits per heavy atom. The SMILES string of the molecule is Cc1ccc(S(=O)(=O)N(CC(=O)N/N=C\c2ccc(OCc3ccc4ccccc4c3)cc2)c2ccccc2F)cc1. The molecule has 42 heavy (non-hydrogen) atoms. The number of ether oxygens (including phenoxy) is 1. The van der Waals surface area contributed by atoms with Crippen LogP contribution in [0, 0.1) is 12.7 Å². The quantitative estimate of drug-likeness (QED) is 0.157. The van der Waals surface area contributed by atoms with Gasteiger partial charge in [0.25, 0.3) is 15.9 Å². The summed E-state index contributed by atoms with van der Waals surface area (Å²) in [5, 5.41) is 6.27. The van der Waals surface area contributed by atoms with Crippen molar-refractivity contribution in [3.63, 3.8) is 0 Å². The van der Waals surface area contributed by atoms with E-state index in [2.05, 4.69) is 34.8 Å². The number of benzene rings is 5. The molecule has 5 aromatic carbocycles. The van der Waals surface area contributed by atoms with Crippen LogP contribution in [0.15, 0.2) is 125 Å². The van der Waals surface area contributed by atoms with Crippen LogP contribution >= 0.6 is 0 Å². The minimum absolute atomic E-state index is 0.0596. The van der Waals surface area contributed by atoms with Crippen LogP contribution in [0.1, 0.15) is 16.7 Å². The Kier molecular flexibility index (Phi) is 8.59. The number of carbonyl (C=O) groups is 1. The molecule has 1 amide bonds. The monoisotopic (exact) mass is 581 g/mol. The molecule has 7 nitrogen and oxygen atoms in total. The molecule has 0 atom stereocenters. The Balaban J connectivity index is 1.21. The summed E-state index contributed by atoms with van der Waals surface area (Å²) in [5.74, 6) is -0.834. The maximum Gasteiger partial charge on any atom is 0.264 e. The summed E-state index contributed by atoms with van der Waals surface area (Å²) < 4.78 is 48.1. The highest BCUT2D eigenvalue weighted by molar-refractivity contribution is 7.92. The van der Waals surface area contributed by atoms with E-state index in [9.17, 15) is 17.6 Å². The molecule has 5 aromatic rings. The van der Waals surface area contributed by atoms with E-state index < -0.39 is 28.3 Å². The van der Waals surface area contributed by atoms with Crippen molar-refractivity contribution in [1.82, 2.24) is 5.43 Å². The Bertz CT molecular complexity index is 1840. The molecule has 9 heteroatoms. The lowest BCUT2D eigenvalue weighted by Crippen LogP contribution is -2.40. The maximum absolute atomic E-state index is 14.6. The molecule has 0 aliphatic rings. The molecule has 5 rings (SSSR count). The van der Waals surface area contributed by atoms with E-state index in [0.29, 0.717) is 17.9 Å². The molecule has 0 spiro atoms. The summed E-state index contributed by atoms with van der Waals surface area (Å²) in [4.78, 5) is 12.7. The Morgan fingerprint density at radius 3 is 2.31 bits per heavy atom. The zero-order chi connectivity index (χ0) is 29.5. The van der Waals surface area contributed by atoms with E-state index in [1.54, 1.807) is 36.4 Å². The van der Waals surface area contributed by atoms with Crippen molar-refractivity contribution in [3.8, 4) is 5.75 Å². The smallest absolute Gasteiger partial charge is 0.264 e. The molecule has 0 radical (unpaired) electrons. The summed E-state index contributed by atoms with van der Waals surface area (Å²) in [6, 6.07) is 33.0. The highest BCUT2D eigenvalue weighted by atomic mass is 32.2. The van der Waals surface area contributed by atoms with Gasteiger partial charge in [-0.25, -0.2) is 18.2 Å². The van der Waals surface area contributed by atoms with Gasteiger partial charge < -0.3 is 4.74 Å². The fourth-order valence-corrected chi connectivity index (χ4v) is 5.71. The predicted octanol–water partition coefficient (Wildman–Crippen LogP) is 6.21. The number of hydrogen-bond donors (Lipinski definition) is 1.